The van der Waals surface area contributed by atoms with Crippen molar-refractivity contribution in [3.8, 4) is 28.7 Å². The van der Waals surface area contributed by atoms with E-state index in [0.29, 0.717) is 96.1 Å². The number of fused-ring (bicyclic) bond motifs is 4. The van der Waals surface area contributed by atoms with E-state index in [1.54, 1.807) is 42.8 Å². The lowest BCUT2D eigenvalue weighted by molar-refractivity contribution is -0.155. The molecule has 4 aliphatic rings. The molecular formula is C78H113N19O20S2. The van der Waals surface area contributed by atoms with Crippen molar-refractivity contribution in [1.82, 2.24) is 47.1 Å². The summed E-state index contributed by atoms with van der Waals surface area (Å²) < 4.78 is 40.3. The third-order valence-electron chi connectivity index (χ3n) is 20.8. The average molecular weight is 1700 g/mol. The van der Waals surface area contributed by atoms with Crippen LogP contribution in [0, 0.1) is 11.8 Å². The number of ether oxygens (including phenoxy) is 7. The number of imide groups is 1. The molecule has 1 aliphatic carbocycles. The summed E-state index contributed by atoms with van der Waals surface area (Å²) in [6.07, 6.45) is 3.95. The number of thioether (sulfide) groups is 2. The van der Waals surface area contributed by atoms with Crippen LogP contribution in [0.25, 0.3) is 10.9 Å². The van der Waals surface area contributed by atoms with Crippen LogP contribution in [0.3, 0.4) is 0 Å². The second kappa shape index (κ2) is 46.5. The molecule has 0 radical (unpaired) electrons. The van der Waals surface area contributed by atoms with E-state index in [2.05, 4.69) is 52.2 Å². The van der Waals surface area contributed by atoms with Crippen LogP contribution < -0.4 is 107 Å². The molecule has 4 heterocycles. The van der Waals surface area contributed by atoms with Crippen LogP contribution in [-0.4, -0.2) is 243 Å². The summed E-state index contributed by atoms with van der Waals surface area (Å²) >= 11 is 2.24. The Labute approximate surface area is 696 Å². The number of likely N-dealkylation sites (tertiary alicyclic amines) is 1. The van der Waals surface area contributed by atoms with E-state index in [1.807, 2.05) is 18.2 Å². The Morgan fingerprint density at radius 2 is 1.10 bits per heavy atom. The molecule has 1 aromatic heterocycles. The van der Waals surface area contributed by atoms with Gasteiger partial charge in [-0.2, -0.15) is 11.8 Å². The first-order valence-electron chi connectivity index (χ1n) is 39.6. The number of benzene rings is 3. The van der Waals surface area contributed by atoms with Gasteiger partial charge in [0, 0.05) is 72.7 Å². The molecule has 652 valence electrons. The summed E-state index contributed by atoms with van der Waals surface area (Å²) in [5.74, 6) is -10.8. The van der Waals surface area contributed by atoms with Gasteiger partial charge in [0.25, 0.3) is 0 Å². The summed E-state index contributed by atoms with van der Waals surface area (Å²) in [6, 6.07) is 3.08. The smallest absolute Gasteiger partial charge is 0.326 e. The van der Waals surface area contributed by atoms with Gasteiger partial charge in [0.15, 0.2) is 34.9 Å². The Morgan fingerprint density at radius 3 is 1.61 bits per heavy atom. The van der Waals surface area contributed by atoms with E-state index in [-0.39, 0.29) is 134 Å². The number of guanidine groups is 2. The molecule has 39 nitrogen and oxygen atoms in total. The van der Waals surface area contributed by atoms with Gasteiger partial charge in [0.1, 0.15) is 48.4 Å². The minimum absolute atomic E-state index is 0.00747. The fraction of sp³-hybridized carbons (Fsp3) is 0.564. The molecule has 2 saturated heterocycles. The maximum Gasteiger partial charge on any atom is 0.326 e. The van der Waals surface area contributed by atoms with E-state index in [0.717, 1.165) is 27.6 Å². The lowest BCUT2D eigenvalue weighted by atomic mass is 9.66. The molecule has 4 aromatic rings. The highest BCUT2D eigenvalue weighted by Gasteiger charge is 2.55. The summed E-state index contributed by atoms with van der Waals surface area (Å²) in [5.41, 5.74) is 49.4. The molecule has 0 spiro atoms. The summed E-state index contributed by atoms with van der Waals surface area (Å²) in [5, 5.41) is 28.8. The number of hydrogen-bond donors (Lipinski definition) is 17. The number of unbranched alkanes of at least 4 members (excludes halogenated alkanes) is 3. The van der Waals surface area contributed by atoms with Crippen molar-refractivity contribution in [2.75, 3.05) is 91.8 Å². The number of hydrogen-bond acceptors (Lipinski definition) is 27. The Balaban J connectivity index is 0.939. The molecule has 0 bridgehead atoms. The van der Waals surface area contributed by atoms with Crippen LogP contribution in [0.1, 0.15) is 137 Å². The first-order chi connectivity index (χ1) is 57.2. The highest BCUT2D eigenvalue weighted by molar-refractivity contribution is 8.00. The van der Waals surface area contributed by atoms with Crippen molar-refractivity contribution in [3.63, 3.8) is 0 Å². The number of carboxylic acid groups (broad SMARTS) is 1. The van der Waals surface area contributed by atoms with E-state index in [4.69, 9.17) is 79.0 Å². The number of nitrogens with zero attached hydrogens (tertiary/aromatic N) is 3. The molecule has 3 aromatic carbocycles. The molecule has 119 heavy (non-hydrogen) atoms. The zero-order valence-corrected chi connectivity index (χ0v) is 68.9. The fourth-order valence-electron chi connectivity index (χ4n) is 14.6. The monoisotopic (exact) mass is 1700 g/mol. The maximum absolute atomic E-state index is 14.9. The third kappa shape index (κ3) is 26.1. The van der Waals surface area contributed by atoms with Gasteiger partial charge in [0.05, 0.1) is 51.6 Å². The summed E-state index contributed by atoms with van der Waals surface area (Å²) in [6.45, 7) is 0.176. The summed E-state index contributed by atoms with van der Waals surface area (Å²) in [7, 11) is 4.39. The van der Waals surface area contributed by atoms with E-state index in [1.165, 1.54) is 33.1 Å². The highest BCUT2D eigenvalue weighted by atomic mass is 32.2. The molecule has 2 unspecified atom stereocenters. The predicted molar refractivity (Wildman–Crippen MR) is 442 cm³/mol. The maximum atomic E-state index is 14.9. The molecule has 13 atom stereocenters. The molecular weight excluding hydrogens is 1590 g/mol. The molecule has 25 N–H and O–H groups in total. The van der Waals surface area contributed by atoms with Crippen molar-refractivity contribution in [3.05, 3.63) is 77.0 Å². The number of methoxy groups -OCH3 is 3. The van der Waals surface area contributed by atoms with E-state index in [9.17, 15) is 62.6 Å². The van der Waals surface area contributed by atoms with Crippen molar-refractivity contribution in [2.24, 2.45) is 67.7 Å². The van der Waals surface area contributed by atoms with E-state index < -0.39 is 155 Å². The van der Waals surface area contributed by atoms with Gasteiger partial charge >= 0.3 is 17.9 Å². The van der Waals surface area contributed by atoms with Gasteiger partial charge in [0.2, 0.25) is 65.7 Å². The molecule has 9 amide bonds. The second-order valence-electron chi connectivity index (χ2n) is 29.1. The third-order valence-corrected chi connectivity index (χ3v) is 22.8. The Morgan fingerprint density at radius 1 is 0.613 bits per heavy atom. The van der Waals surface area contributed by atoms with Gasteiger partial charge in [-0.05, 0) is 169 Å². The topological polar surface area (TPSA) is 626 Å². The lowest BCUT2D eigenvalue weighted by Crippen LogP contribution is -2.60. The Kier molecular flexibility index (Phi) is 36.6. The van der Waals surface area contributed by atoms with E-state index >= 15 is 0 Å². The number of nitrogens with one attached hydrogen (secondary N) is 8. The lowest BCUT2D eigenvalue weighted by Gasteiger charge is -2.38. The molecule has 8 rings (SSSR count). The molecule has 41 heteroatoms. The van der Waals surface area contributed by atoms with Crippen molar-refractivity contribution >= 4 is 117 Å². The predicted octanol–water partition coefficient (Wildman–Crippen LogP) is -1.01. The number of H-pyrrole nitrogens is 1. The van der Waals surface area contributed by atoms with Crippen molar-refractivity contribution in [2.45, 2.75) is 175 Å². The van der Waals surface area contributed by atoms with Crippen LogP contribution in [0.5, 0.6) is 28.7 Å². The van der Waals surface area contributed by atoms with Crippen LogP contribution in [0.4, 0.5) is 0 Å². The number of para-hydroxylation sites is 1. The number of aliphatic imine (C=N–C) groups is 2. The number of rotatable bonds is 51. The van der Waals surface area contributed by atoms with Gasteiger partial charge < -0.3 is 126 Å². The molecule has 2 fully saturated rings. The minimum atomic E-state index is -1.46. The standard InChI is InChI=1S/C78H113N19O20S2/c1-111-58-32-41(33-59(112-2)66(58)113-3)63-44-34-56-57(116-40-115-56)35-45(44)65(46-38-114-76(110)64(46)63)117-62(99)22-29-97-61(98)36-60(74(97)107)119-39-47(82)67(100)90-51(20-13-27-87-77(83)84)68(101)92-52(21-14-28-88-78(85)86)69(102)94-53(23-30-118-4)72(105)91-50(18-8-11-25-80)71(104)96-55(31-42-37-89-48-16-6-5-15-43(42)48)73(106)93-49(17-7-10-24-79)70(103)95-54(75(108)109)19-9-12-26-81/h5-6,15-16,32-35,37,46-47,49-55,60,63-65,89H,7-14,17-31,36,38-40,79-82H2,1-4H3,(H,90,100)(H,91,105)(H,92,101)(H,93,106)(H,94,102)(H,95,103)(H,96,104)(H,108,109)(H4,83,84,87)(H4,85,86,88)/t46-,47?,49-,50-,51-,52-,53-,54-,55-,60?,63+,64-,65-/m0/s1. The van der Waals surface area contributed by atoms with Crippen molar-refractivity contribution < 1.29 is 95.8 Å². The summed E-state index contributed by atoms with van der Waals surface area (Å²) in [4.78, 5) is 182. The number of cyclic esters (lactones) is 1. The zero-order chi connectivity index (χ0) is 86.4. The van der Waals surface area contributed by atoms with Gasteiger partial charge in [-0.25, -0.2) is 4.79 Å². The zero-order valence-electron chi connectivity index (χ0n) is 67.3. The number of carboxylic acids is 1. The first-order valence-corrected chi connectivity index (χ1v) is 42.0. The number of aromatic amines is 1. The number of nitrogens with two attached hydrogens (primary N) is 8. The number of carbonyl (C=O) groups is 12. The first kappa shape index (κ1) is 93.6. The average Bonchev–Trinajstić information content (AvgIpc) is 1.65. The van der Waals surface area contributed by atoms with Crippen molar-refractivity contribution in [1.29, 1.82) is 0 Å². The fourth-order valence-corrected chi connectivity index (χ4v) is 16.2. The SMILES string of the molecule is COc1cc([C@@H]2c3cc4c(cc3[C@H](OC(=O)CCN3C(=O)CC(SCC(N)C(=O)N[C@@H](CCCN=C(N)N)C(=O)N[C@@H](CCCN=C(N)N)C(=O)N[C@@H](CCSC)C(=O)N[C@@H](CCCCN)C(=O)N[C@@H](Cc5c[nH]c6ccccc56)C(=O)N[C@@H](CCCCN)C(=O)N[C@@H](CCCCN)C(=O)O)C3=O)[C@H]3COC(=O)[C@H]23)OCO4)cc(OC)c1OC. The highest BCUT2D eigenvalue weighted by Crippen LogP contribution is 2.57. The number of carbonyl (C=O) groups excluding carboxylic acids is 11. The molecule has 0 saturated carbocycles. The number of aromatic nitrogens is 1. The van der Waals surface area contributed by atoms with Gasteiger partial charge in [-0.3, -0.25) is 67.6 Å². The number of amides is 9. The largest absolute Gasteiger partial charge is 0.493 e. The number of esters is 2. The molecule has 3 aliphatic heterocycles. The Hall–Kier alpha value is -10.9. The van der Waals surface area contributed by atoms with Gasteiger partial charge in [-0.15, -0.1) is 11.8 Å². The quantitative estimate of drug-likeness (QED) is 0.00828. The second-order valence-corrected chi connectivity index (χ2v) is 31.4. The van der Waals surface area contributed by atoms with Crippen LogP contribution >= 0.6 is 23.5 Å². The van der Waals surface area contributed by atoms with Crippen LogP contribution in [0.15, 0.2) is 64.7 Å². The number of aliphatic carboxylic acids is 1. The minimum Gasteiger partial charge on any atom is -0.493 e. The normalized spacial score (nSPS) is 18.4. The van der Waals surface area contributed by atoms with Crippen LogP contribution in [-0.2, 0) is 73.4 Å². The Bertz CT molecular complexity index is 4250. The van der Waals surface area contributed by atoms with Gasteiger partial charge in [-0.1, -0.05) is 18.2 Å². The van der Waals surface area contributed by atoms with Crippen LogP contribution in [0.2, 0.25) is 0 Å².